The lowest BCUT2D eigenvalue weighted by atomic mass is 9.92. The molecule has 0 N–H and O–H groups in total. The average Bonchev–Trinajstić information content (AvgIpc) is 3.14. The molecule has 0 amide bonds. The zero-order valence-electron chi connectivity index (χ0n) is 11.4. The SMILES string of the molecule is CC1(C)OCC(OCC2CC2)=C1c1ccc(Br)cc1. The van der Waals surface area contributed by atoms with Crippen LogP contribution in [0.5, 0.6) is 0 Å². The second kappa shape index (κ2) is 4.95. The minimum Gasteiger partial charge on any atom is -0.495 e. The summed E-state index contributed by atoms with van der Waals surface area (Å²) in [5.74, 6) is 1.78. The molecular weight excluding hydrogens is 304 g/mol. The third-order valence-electron chi connectivity index (χ3n) is 3.77. The minimum absolute atomic E-state index is 0.271. The van der Waals surface area contributed by atoms with Gasteiger partial charge in [0.15, 0.2) is 0 Å². The van der Waals surface area contributed by atoms with Gasteiger partial charge in [0.2, 0.25) is 0 Å². The van der Waals surface area contributed by atoms with Crippen molar-refractivity contribution in [3.8, 4) is 0 Å². The van der Waals surface area contributed by atoms with Crippen molar-refractivity contribution in [1.82, 2.24) is 0 Å². The van der Waals surface area contributed by atoms with Gasteiger partial charge in [-0.2, -0.15) is 0 Å². The third-order valence-corrected chi connectivity index (χ3v) is 4.30. The van der Waals surface area contributed by atoms with Gasteiger partial charge in [0.1, 0.15) is 12.4 Å². The van der Waals surface area contributed by atoms with E-state index in [1.807, 2.05) is 0 Å². The summed E-state index contributed by atoms with van der Waals surface area (Å²) in [5.41, 5.74) is 2.12. The summed E-state index contributed by atoms with van der Waals surface area (Å²) in [5, 5.41) is 0. The zero-order chi connectivity index (χ0) is 13.5. The summed E-state index contributed by atoms with van der Waals surface area (Å²) >= 11 is 3.48. The molecule has 1 aromatic rings. The lowest BCUT2D eigenvalue weighted by Gasteiger charge is -2.22. The minimum atomic E-state index is -0.271. The molecule has 1 heterocycles. The summed E-state index contributed by atoms with van der Waals surface area (Å²) < 4.78 is 13.0. The highest BCUT2D eigenvalue weighted by atomic mass is 79.9. The van der Waals surface area contributed by atoms with Crippen molar-refractivity contribution in [2.75, 3.05) is 13.2 Å². The van der Waals surface area contributed by atoms with Gasteiger partial charge >= 0.3 is 0 Å². The first-order valence-electron chi connectivity index (χ1n) is 6.82. The Kier molecular flexibility index (Phi) is 3.44. The fourth-order valence-corrected chi connectivity index (χ4v) is 2.73. The summed E-state index contributed by atoms with van der Waals surface area (Å²) in [4.78, 5) is 0. The van der Waals surface area contributed by atoms with Crippen LogP contribution >= 0.6 is 15.9 Å². The monoisotopic (exact) mass is 322 g/mol. The number of halogens is 1. The Balaban J connectivity index is 1.90. The maximum Gasteiger partial charge on any atom is 0.128 e. The molecule has 2 nitrogen and oxygen atoms in total. The highest BCUT2D eigenvalue weighted by molar-refractivity contribution is 9.10. The van der Waals surface area contributed by atoms with Crippen LogP contribution in [0.3, 0.4) is 0 Å². The second-order valence-corrected chi connectivity index (χ2v) is 6.77. The normalized spacial score (nSPS) is 21.8. The van der Waals surface area contributed by atoms with Gasteiger partial charge in [0.25, 0.3) is 0 Å². The van der Waals surface area contributed by atoms with E-state index in [1.54, 1.807) is 0 Å². The van der Waals surface area contributed by atoms with Crippen molar-refractivity contribution in [2.24, 2.45) is 5.92 Å². The lowest BCUT2D eigenvalue weighted by Crippen LogP contribution is -2.21. The topological polar surface area (TPSA) is 18.5 Å². The number of hydrogen-bond acceptors (Lipinski definition) is 2. The van der Waals surface area contributed by atoms with Crippen molar-refractivity contribution >= 4 is 21.5 Å². The molecule has 1 aliphatic heterocycles. The van der Waals surface area contributed by atoms with Gasteiger partial charge in [0, 0.05) is 10.0 Å². The van der Waals surface area contributed by atoms with Crippen LogP contribution < -0.4 is 0 Å². The van der Waals surface area contributed by atoms with E-state index in [0.29, 0.717) is 6.61 Å². The first kappa shape index (κ1) is 13.2. The van der Waals surface area contributed by atoms with Gasteiger partial charge in [-0.1, -0.05) is 28.1 Å². The van der Waals surface area contributed by atoms with E-state index in [2.05, 4.69) is 54.0 Å². The van der Waals surface area contributed by atoms with E-state index in [-0.39, 0.29) is 5.60 Å². The molecule has 1 aliphatic carbocycles. The fraction of sp³-hybridized carbons (Fsp3) is 0.500. The van der Waals surface area contributed by atoms with Crippen LogP contribution in [0.1, 0.15) is 32.3 Å². The predicted octanol–water partition coefficient (Wildman–Crippen LogP) is 4.40. The van der Waals surface area contributed by atoms with Gasteiger partial charge in [0.05, 0.1) is 12.2 Å². The molecule has 0 radical (unpaired) electrons. The maximum atomic E-state index is 6.00. The Bertz CT molecular complexity index is 498. The molecule has 1 aromatic carbocycles. The second-order valence-electron chi connectivity index (χ2n) is 5.86. The number of ether oxygens (including phenoxy) is 2. The van der Waals surface area contributed by atoms with Crippen LogP contribution in [-0.2, 0) is 9.47 Å². The van der Waals surface area contributed by atoms with Gasteiger partial charge < -0.3 is 9.47 Å². The molecule has 102 valence electrons. The van der Waals surface area contributed by atoms with Gasteiger partial charge in [-0.25, -0.2) is 0 Å². The van der Waals surface area contributed by atoms with E-state index in [1.165, 1.54) is 24.0 Å². The Labute approximate surface area is 122 Å². The Hall–Kier alpha value is -0.800. The highest BCUT2D eigenvalue weighted by Crippen LogP contribution is 2.40. The largest absolute Gasteiger partial charge is 0.495 e. The summed E-state index contributed by atoms with van der Waals surface area (Å²) in [6.45, 7) is 5.65. The molecule has 1 saturated carbocycles. The number of rotatable bonds is 4. The van der Waals surface area contributed by atoms with Gasteiger partial charge in [-0.3, -0.25) is 0 Å². The Morgan fingerprint density at radius 2 is 1.95 bits per heavy atom. The summed E-state index contributed by atoms with van der Waals surface area (Å²) in [6, 6.07) is 8.37. The van der Waals surface area contributed by atoms with Crippen molar-refractivity contribution in [2.45, 2.75) is 32.3 Å². The first-order valence-corrected chi connectivity index (χ1v) is 7.62. The molecule has 0 bridgehead atoms. The molecule has 1 fully saturated rings. The van der Waals surface area contributed by atoms with Crippen LogP contribution in [0, 0.1) is 5.92 Å². The van der Waals surface area contributed by atoms with Crippen molar-refractivity contribution < 1.29 is 9.47 Å². The number of hydrogen-bond donors (Lipinski definition) is 0. The molecule has 0 unspecified atom stereocenters. The predicted molar refractivity (Wildman–Crippen MR) is 79.8 cm³/mol. The standard InChI is InChI=1S/C16H19BrO2/c1-16(2)15(12-5-7-13(17)8-6-12)14(10-19-16)18-9-11-3-4-11/h5-8,11H,3-4,9-10H2,1-2H3. The number of benzene rings is 1. The summed E-state index contributed by atoms with van der Waals surface area (Å²) in [6.07, 6.45) is 2.62. The van der Waals surface area contributed by atoms with Crippen LogP contribution in [0.2, 0.25) is 0 Å². The molecule has 0 spiro atoms. The molecular formula is C16H19BrO2. The van der Waals surface area contributed by atoms with Crippen LogP contribution in [-0.4, -0.2) is 18.8 Å². The molecule has 0 aromatic heterocycles. The zero-order valence-corrected chi connectivity index (χ0v) is 13.0. The molecule has 19 heavy (non-hydrogen) atoms. The van der Waals surface area contributed by atoms with Crippen molar-refractivity contribution in [1.29, 1.82) is 0 Å². The molecule has 0 atom stereocenters. The van der Waals surface area contributed by atoms with Crippen molar-refractivity contribution in [3.63, 3.8) is 0 Å². The van der Waals surface area contributed by atoms with E-state index in [9.17, 15) is 0 Å². The van der Waals surface area contributed by atoms with Crippen LogP contribution in [0.15, 0.2) is 34.5 Å². The highest BCUT2D eigenvalue weighted by Gasteiger charge is 2.36. The first-order chi connectivity index (χ1) is 9.06. The third kappa shape index (κ3) is 2.87. The van der Waals surface area contributed by atoms with Gasteiger partial charge in [-0.15, -0.1) is 0 Å². The summed E-state index contributed by atoms with van der Waals surface area (Å²) in [7, 11) is 0. The Morgan fingerprint density at radius 3 is 2.58 bits per heavy atom. The van der Waals surface area contributed by atoms with Crippen LogP contribution in [0.4, 0.5) is 0 Å². The lowest BCUT2D eigenvalue weighted by molar-refractivity contribution is 0.0447. The fourth-order valence-electron chi connectivity index (χ4n) is 2.47. The molecule has 2 aliphatic rings. The maximum absolute atomic E-state index is 6.00. The van der Waals surface area contributed by atoms with Crippen LogP contribution in [0.25, 0.3) is 5.57 Å². The van der Waals surface area contributed by atoms with E-state index >= 15 is 0 Å². The Morgan fingerprint density at radius 1 is 1.26 bits per heavy atom. The van der Waals surface area contributed by atoms with Gasteiger partial charge in [-0.05, 0) is 50.3 Å². The molecule has 3 rings (SSSR count). The van der Waals surface area contributed by atoms with Crippen molar-refractivity contribution in [3.05, 3.63) is 40.1 Å². The quantitative estimate of drug-likeness (QED) is 0.818. The van der Waals surface area contributed by atoms with E-state index in [0.717, 1.165) is 22.8 Å². The molecule has 3 heteroatoms. The van der Waals surface area contributed by atoms with E-state index in [4.69, 9.17) is 9.47 Å². The average molecular weight is 323 g/mol. The molecule has 0 saturated heterocycles. The smallest absolute Gasteiger partial charge is 0.128 e. The van der Waals surface area contributed by atoms with E-state index < -0.39 is 0 Å².